The number of anilines is 2. The molecule has 0 aliphatic carbocycles. The fourth-order valence-corrected chi connectivity index (χ4v) is 2.16. The zero-order valence-electron chi connectivity index (χ0n) is 10.2. The van der Waals surface area contributed by atoms with Crippen LogP contribution in [0.4, 0.5) is 11.4 Å². The van der Waals surface area contributed by atoms with Gasteiger partial charge in [-0.25, -0.2) is 0 Å². The van der Waals surface area contributed by atoms with Crippen molar-refractivity contribution in [2.24, 2.45) is 0 Å². The average molecular weight is 282 g/mol. The van der Waals surface area contributed by atoms with Crippen LogP contribution in [-0.2, 0) is 0 Å². The van der Waals surface area contributed by atoms with E-state index < -0.39 is 0 Å². The first-order valence-electron chi connectivity index (χ1n) is 5.64. The summed E-state index contributed by atoms with van der Waals surface area (Å²) in [6.07, 6.45) is 0. The Morgan fingerprint density at radius 3 is 2.61 bits per heavy atom. The highest BCUT2D eigenvalue weighted by Gasteiger charge is 2.13. The van der Waals surface area contributed by atoms with Crippen LogP contribution >= 0.6 is 23.2 Å². The van der Waals surface area contributed by atoms with Gasteiger partial charge in [0.2, 0.25) is 0 Å². The van der Waals surface area contributed by atoms with E-state index in [-0.39, 0.29) is 0 Å². The van der Waals surface area contributed by atoms with E-state index in [2.05, 4.69) is 34.2 Å². The van der Waals surface area contributed by atoms with Crippen LogP contribution in [-0.4, -0.2) is 16.7 Å². The minimum Gasteiger partial charge on any atom is -0.339 e. The monoisotopic (exact) mass is 281 g/mol. The molecule has 2 aromatic rings. The van der Waals surface area contributed by atoms with Crippen molar-refractivity contribution >= 4 is 34.6 Å². The quantitative estimate of drug-likeness (QED) is 0.842. The van der Waals surface area contributed by atoms with Crippen LogP contribution in [0.3, 0.4) is 0 Å². The highest BCUT2D eigenvalue weighted by atomic mass is 35.5. The summed E-state index contributed by atoms with van der Waals surface area (Å²) in [6, 6.07) is 9.91. The van der Waals surface area contributed by atoms with Crippen LogP contribution in [0.25, 0.3) is 0 Å². The first kappa shape index (κ1) is 13.1. The molecule has 18 heavy (non-hydrogen) atoms. The molecular weight excluding hydrogens is 269 g/mol. The third-order valence-corrected chi connectivity index (χ3v) is 3.07. The molecule has 0 aliphatic heterocycles. The Morgan fingerprint density at radius 1 is 1.17 bits per heavy atom. The van der Waals surface area contributed by atoms with E-state index in [1.165, 1.54) is 5.56 Å². The Bertz CT molecular complexity index is 558. The average Bonchev–Trinajstić information content (AvgIpc) is 2.35. The SMILES string of the molecule is CCN(c1cccc(C)c1)c1cc(Cl)nnc1Cl. The summed E-state index contributed by atoms with van der Waals surface area (Å²) >= 11 is 12.0. The van der Waals surface area contributed by atoms with Crippen LogP contribution in [0.5, 0.6) is 0 Å². The van der Waals surface area contributed by atoms with Gasteiger partial charge < -0.3 is 4.90 Å². The number of aromatic nitrogens is 2. The molecule has 94 valence electrons. The summed E-state index contributed by atoms with van der Waals surface area (Å²) in [5.74, 6) is 0. The Kier molecular flexibility index (Phi) is 4.04. The second-order valence-corrected chi connectivity index (χ2v) is 4.67. The topological polar surface area (TPSA) is 29.0 Å². The van der Waals surface area contributed by atoms with Crippen molar-refractivity contribution in [1.82, 2.24) is 10.2 Å². The number of aryl methyl sites for hydroxylation is 1. The van der Waals surface area contributed by atoms with Gasteiger partial charge in [0.05, 0.1) is 5.69 Å². The van der Waals surface area contributed by atoms with Gasteiger partial charge in [-0.1, -0.05) is 35.3 Å². The third kappa shape index (κ3) is 2.74. The van der Waals surface area contributed by atoms with Gasteiger partial charge in [-0.15, -0.1) is 10.2 Å². The van der Waals surface area contributed by atoms with Gasteiger partial charge in [0, 0.05) is 18.3 Å². The van der Waals surface area contributed by atoms with Crippen molar-refractivity contribution in [3.05, 3.63) is 46.2 Å². The molecule has 0 saturated heterocycles. The smallest absolute Gasteiger partial charge is 0.175 e. The summed E-state index contributed by atoms with van der Waals surface area (Å²) in [4.78, 5) is 2.05. The van der Waals surface area contributed by atoms with Crippen LogP contribution in [0.15, 0.2) is 30.3 Å². The molecule has 1 aromatic heterocycles. The summed E-state index contributed by atoms with van der Waals surface area (Å²) in [7, 11) is 0. The number of nitrogens with zero attached hydrogens (tertiary/aromatic N) is 3. The van der Waals surface area contributed by atoms with Gasteiger partial charge in [0.25, 0.3) is 0 Å². The normalized spacial score (nSPS) is 10.4. The Balaban J connectivity index is 2.48. The molecule has 5 heteroatoms. The van der Waals surface area contributed by atoms with Crippen molar-refractivity contribution in [2.45, 2.75) is 13.8 Å². The van der Waals surface area contributed by atoms with Crippen molar-refractivity contribution in [3.8, 4) is 0 Å². The van der Waals surface area contributed by atoms with Crippen LogP contribution in [0.1, 0.15) is 12.5 Å². The maximum Gasteiger partial charge on any atom is 0.175 e. The second-order valence-electron chi connectivity index (χ2n) is 3.93. The first-order valence-corrected chi connectivity index (χ1v) is 6.40. The Morgan fingerprint density at radius 2 is 1.94 bits per heavy atom. The van der Waals surface area contributed by atoms with E-state index >= 15 is 0 Å². The predicted octanol–water partition coefficient (Wildman–Crippen LogP) is 4.25. The summed E-state index contributed by atoms with van der Waals surface area (Å²) in [6.45, 7) is 4.87. The van der Waals surface area contributed by atoms with Crippen LogP contribution < -0.4 is 4.90 Å². The molecule has 0 aliphatic rings. The van der Waals surface area contributed by atoms with Gasteiger partial charge >= 0.3 is 0 Å². The minimum atomic E-state index is 0.334. The fourth-order valence-electron chi connectivity index (χ4n) is 1.82. The maximum absolute atomic E-state index is 6.09. The van der Waals surface area contributed by atoms with Gasteiger partial charge in [0.15, 0.2) is 10.3 Å². The van der Waals surface area contributed by atoms with Crippen molar-refractivity contribution in [1.29, 1.82) is 0 Å². The number of hydrogen-bond acceptors (Lipinski definition) is 3. The number of benzene rings is 1. The molecule has 0 spiro atoms. The summed E-state index contributed by atoms with van der Waals surface area (Å²) in [5.41, 5.74) is 3.02. The zero-order valence-corrected chi connectivity index (χ0v) is 11.7. The van der Waals surface area contributed by atoms with Crippen molar-refractivity contribution < 1.29 is 0 Å². The highest BCUT2D eigenvalue weighted by Crippen LogP contribution is 2.31. The van der Waals surface area contributed by atoms with E-state index in [1.54, 1.807) is 6.07 Å². The number of hydrogen-bond donors (Lipinski definition) is 0. The van der Waals surface area contributed by atoms with Gasteiger partial charge in [-0.05, 0) is 31.5 Å². The molecule has 0 amide bonds. The molecule has 3 nitrogen and oxygen atoms in total. The van der Waals surface area contributed by atoms with Crippen molar-refractivity contribution in [2.75, 3.05) is 11.4 Å². The molecule has 0 saturated carbocycles. The Labute approximate surface area is 116 Å². The molecule has 0 radical (unpaired) electrons. The lowest BCUT2D eigenvalue weighted by molar-refractivity contribution is 0.974. The molecule has 0 unspecified atom stereocenters. The number of halogens is 2. The largest absolute Gasteiger partial charge is 0.339 e. The minimum absolute atomic E-state index is 0.334. The molecule has 0 fully saturated rings. The first-order chi connectivity index (χ1) is 8.61. The van der Waals surface area contributed by atoms with Crippen LogP contribution in [0, 0.1) is 6.92 Å². The Hall–Kier alpha value is -1.32. The fraction of sp³-hybridized carbons (Fsp3) is 0.231. The van der Waals surface area contributed by atoms with Gasteiger partial charge in [-0.3, -0.25) is 0 Å². The lowest BCUT2D eigenvalue weighted by atomic mass is 10.2. The second kappa shape index (κ2) is 5.55. The van der Waals surface area contributed by atoms with Gasteiger partial charge in [0.1, 0.15) is 0 Å². The lowest BCUT2D eigenvalue weighted by Gasteiger charge is -2.24. The maximum atomic E-state index is 6.09. The third-order valence-electron chi connectivity index (χ3n) is 2.62. The van der Waals surface area contributed by atoms with Gasteiger partial charge in [-0.2, -0.15) is 0 Å². The van der Waals surface area contributed by atoms with E-state index in [0.29, 0.717) is 10.3 Å². The van der Waals surface area contributed by atoms with E-state index in [9.17, 15) is 0 Å². The molecule has 0 N–H and O–H groups in total. The summed E-state index contributed by atoms with van der Waals surface area (Å²) in [5, 5.41) is 8.24. The lowest BCUT2D eigenvalue weighted by Crippen LogP contribution is -2.17. The highest BCUT2D eigenvalue weighted by molar-refractivity contribution is 6.33. The molecule has 2 rings (SSSR count). The zero-order chi connectivity index (χ0) is 13.1. The predicted molar refractivity (Wildman–Crippen MR) is 75.9 cm³/mol. The molecule has 1 heterocycles. The van der Waals surface area contributed by atoms with E-state index in [0.717, 1.165) is 17.9 Å². The molecule has 1 aromatic carbocycles. The van der Waals surface area contributed by atoms with Crippen molar-refractivity contribution in [3.63, 3.8) is 0 Å². The number of rotatable bonds is 3. The standard InChI is InChI=1S/C13H13Cl2N3/c1-3-18(10-6-4-5-9(2)7-10)11-8-12(14)16-17-13(11)15/h4-8H,3H2,1-2H3. The molecule has 0 atom stereocenters. The van der Waals surface area contributed by atoms with E-state index in [4.69, 9.17) is 23.2 Å². The molecular formula is C13H13Cl2N3. The van der Waals surface area contributed by atoms with E-state index in [1.807, 2.05) is 19.1 Å². The summed E-state index contributed by atoms with van der Waals surface area (Å²) < 4.78 is 0. The molecule has 0 bridgehead atoms. The van der Waals surface area contributed by atoms with Crippen LogP contribution in [0.2, 0.25) is 10.3 Å².